The van der Waals surface area contributed by atoms with Crippen LogP contribution in [0, 0.1) is 5.92 Å². The average Bonchev–Trinajstić information content (AvgIpc) is 2.79. The molecular weight excluding hydrogens is 290 g/mol. The number of alkyl halides is 1. The number of hydrogen-bond acceptors (Lipinski definition) is 1. The van der Waals surface area contributed by atoms with E-state index < -0.39 is 0 Å². The van der Waals surface area contributed by atoms with E-state index in [0.29, 0.717) is 17.7 Å². The number of halogens is 1. The first kappa shape index (κ1) is 17.8. The molecule has 1 aliphatic rings. The summed E-state index contributed by atoms with van der Waals surface area (Å²) in [6, 6.07) is 8.31. The van der Waals surface area contributed by atoms with Gasteiger partial charge in [-0.2, -0.15) is 0 Å². The van der Waals surface area contributed by atoms with Gasteiger partial charge in [0.1, 0.15) is 0 Å². The Kier molecular flexibility index (Phi) is 6.35. The van der Waals surface area contributed by atoms with Crippen molar-refractivity contribution in [3.05, 3.63) is 34.9 Å². The van der Waals surface area contributed by atoms with E-state index in [1.54, 1.807) is 0 Å². The van der Waals surface area contributed by atoms with E-state index in [-0.39, 0.29) is 0 Å². The molecule has 0 radical (unpaired) electrons. The van der Waals surface area contributed by atoms with E-state index >= 15 is 0 Å². The van der Waals surface area contributed by atoms with E-state index in [1.165, 1.54) is 42.5 Å². The van der Waals surface area contributed by atoms with Crippen molar-refractivity contribution < 1.29 is 0 Å². The van der Waals surface area contributed by atoms with Crippen LogP contribution in [0.4, 0.5) is 0 Å². The number of nitrogens with zero attached hydrogens (tertiary/aromatic N) is 1. The number of hydrogen-bond donors (Lipinski definition) is 0. The Hall–Kier alpha value is -0.530. The van der Waals surface area contributed by atoms with E-state index in [4.69, 9.17) is 11.6 Å². The van der Waals surface area contributed by atoms with E-state index in [0.717, 1.165) is 12.1 Å². The van der Waals surface area contributed by atoms with Gasteiger partial charge in [-0.05, 0) is 61.6 Å². The van der Waals surface area contributed by atoms with E-state index in [9.17, 15) is 0 Å². The zero-order valence-electron chi connectivity index (χ0n) is 14.9. The van der Waals surface area contributed by atoms with Crippen molar-refractivity contribution in [3.63, 3.8) is 0 Å². The average molecular weight is 322 g/mol. The molecule has 1 aromatic rings. The molecule has 2 heteroatoms. The minimum Gasteiger partial charge on any atom is -0.298 e. The molecule has 124 valence electrons. The molecule has 0 saturated carbocycles. The SMILES string of the molecule is CC(Cc1ccc(CCl)cc1C(C)C)CN1C(C)CCC1C. The van der Waals surface area contributed by atoms with Crippen LogP contribution in [0.15, 0.2) is 18.2 Å². The van der Waals surface area contributed by atoms with Gasteiger partial charge in [-0.1, -0.05) is 39.0 Å². The minimum atomic E-state index is 0.565. The van der Waals surface area contributed by atoms with Gasteiger partial charge >= 0.3 is 0 Å². The summed E-state index contributed by atoms with van der Waals surface area (Å²) >= 11 is 6.00. The summed E-state index contributed by atoms with van der Waals surface area (Å²) in [5.41, 5.74) is 4.23. The van der Waals surface area contributed by atoms with Gasteiger partial charge in [0.05, 0.1) is 0 Å². The summed E-state index contributed by atoms with van der Waals surface area (Å²) < 4.78 is 0. The van der Waals surface area contributed by atoms with Crippen molar-refractivity contribution in [2.45, 2.75) is 77.8 Å². The van der Waals surface area contributed by atoms with Gasteiger partial charge in [0, 0.05) is 24.5 Å². The lowest BCUT2D eigenvalue weighted by Gasteiger charge is -2.29. The van der Waals surface area contributed by atoms with E-state index in [1.807, 2.05) is 0 Å². The molecule has 0 aromatic heterocycles. The highest BCUT2D eigenvalue weighted by atomic mass is 35.5. The van der Waals surface area contributed by atoms with Crippen molar-refractivity contribution in [1.29, 1.82) is 0 Å². The van der Waals surface area contributed by atoms with Gasteiger partial charge in [0.2, 0.25) is 0 Å². The third-order valence-corrected chi connectivity index (χ3v) is 5.52. The van der Waals surface area contributed by atoms with Crippen LogP contribution >= 0.6 is 11.6 Å². The van der Waals surface area contributed by atoms with Gasteiger partial charge in [-0.3, -0.25) is 4.90 Å². The summed E-state index contributed by atoms with van der Waals surface area (Å²) in [5.74, 6) is 1.87. The van der Waals surface area contributed by atoms with Crippen LogP contribution in [0.3, 0.4) is 0 Å². The molecule has 0 spiro atoms. The monoisotopic (exact) mass is 321 g/mol. The van der Waals surface area contributed by atoms with E-state index in [2.05, 4.69) is 57.7 Å². The van der Waals surface area contributed by atoms with Gasteiger partial charge in [-0.15, -0.1) is 11.6 Å². The molecule has 2 rings (SSSR count). The molecular formula is C20H32ClN. The number of benzene rings is 1. The van der Waals surface area contributed by atoms with Crippen LogP contribution in [0.25, 0.3) is 0 Å². The van der Waals surface area contributed by atoms with Crippen LogP contribution in [0.1, 0.15) is 70.1 Å². The Labute approximate surface area is 142 Å². The molecule has 0 aliphatic carbocycles. The van der Waals surface area contributed by atoms with Crippen LogP contribution < -0.4 is 0 Å². The van der Waals surface area contributed by atoms with Crippen molar-refractivity contribution in [1.82, 2.24) is 4.90 Å². The summed E-state index contributed by atoms with van der Waals surface area (Å²) in [7, 11) is 0. The van der Waals surface area contributed by atoms with Gasteiger partial charge < -0.3 is 0 Å². The van der Waals surface area contributed by atoms with Crippen molar-refractivity contribution in [3.8, 4) is 0 Å². The van der Waals surface area contributed by atoms with Crippen molar-refractivity contribution in [2.75, 3.05) is 6.54 Å². The topological polar surface area (TPSA) is 3.24 Å². The van der Waals surface area contributed by atoms with Crippen molar-refractivity contribution >= 4 is 11.6 Å². The molecule has 1 fully saturated rings. The quantitative estimate of drug-likeness (QED) is 0.616. The lowest BCUT2D eigenvalue weighted by Crippen LogP contribution is -2.36. The fourth-order valence-corrected chi connectivity index (χ4v) is 4.03. The van der Waals surface area contributed by atoms with Crippen LogP contribution in [-0.4, -0.2) is 23.5 Å². The standard InChI is InChI=1S/C20H32ClN/c1-14(2)20-11-18(12-21)8-9-19(20)10-15(3)13-22-16(4)6-7-17(22)5/h8-9,11,14-17H,6-7,10,12-13H2,1-5H3. The Morgan fingerprint density at radius 1 is 1.14 bits per heavy atom. The Balaban J connectivity index is 2.06. The highest BCUT2D eigenvalue weighted by molar-refractivity contribution is 6.17. The maximum absolute atomic E-state index is 6.00. The summed E-state index contributed by atoms with van der Waals surface area (Å²) in [6.45, 7) is 12.9. The van der Waals surface area contributed by atoms with Crippen LogP contribution in [0.2, 0.25) is 0 Å². The third-order valence-electron chi connectivity index (χ3n) is 5.21. The molecule has 1 saturated heterocycles. The molecule has 1 aliphatic heterocycles. The first-order valence-electron chi connectivity index (χ1n) is 8.85. The molecule has 0 amide bonds. The lowest BCUT2D eigenvalue weighted by molar-refractivity contribution is 0.184. The summed E-state index contributed by atoms with van der Waals surface area (Å²) in [4.78, 5) is 2.70. The second-order valence-electron chi connectivity index (χ2n) is 7.60. The Morgan fingerprint density at radius 3 is 2.32 bits per heavy atom. The molecule has 22 heavy (non-hydrogen) atoms. The summed E-state index contributed by atoms with van der Waals surface area (Å²) in [5, 5.41) is 0. The zero-order valence-corrected chi connectivity index (χ0v) is 15.7. The van der Waals surface area contributed by atoms with Crippen LogP contribution in [-0.2, 0) is 12.3 Å². The van der Waals surface area contributed by atoms with Gasteiger partial charge in [0.25, 0.3) is 0 Å². The molecule has 1 heterocycles. The predicted octanol–water partition coefficient (Wildman–Crippen LogP) is 5.60. The second kappa shape index (κ2) is 7.84. The number of likely N-dealkylation sites (tertiary alicyclic amines) is 1. The second-order valence-corrected chi connectivity index (χ2v) is 7.87. The fraction of sp³-hybridized carbons (Fsp3) is 0.700. The third kappa shape index (κ3) is 4.26. The van der Waals surface area contributed by atoms with Gasteiger partial charge in [-0.25, -0.2) is 0 Å². The number of rotatable bonds is 6. The highest BCUT2D eigenvalue weighted by Crippen LogP contribution is 2.28. The first-order chi connectivity index (χ1) is 10.4. The maximum atomic E-state index is 6.00. The normalized spacial score (nSPS) is 24.1. The lowest BCUT2D eigenvalue weighted by atomic mass is 9.89. The Bertz CT molecular complexity index is 473. The first-order valence-corrected chi connectivity index (χ1v) is 9.39. The predicted molar refractivity (Wildman–Crippen MR) is 97.8 cm³/mol. The fourth-order valence-electron chi connectivity index (χ4n) is 3.86. The zero-order chi connectivity index (χ0) is 16.3. The van der Waals surface area contributed by atoms with Crippen molar-refractivity contribution in [2.24, 2.45) is 5.92 Å². The molecule has 3 unspecified atom stereocenters. The molecule has 1 nitrogen and oxygen atoms in total. The van der Waals surface area contributed by atoms with Crippen LogP contribution in [0.5, 0.6) is 0 Å². The highest BCUT2D eigenvalue weighted by Gasteiger charge is 2.28. The molecule has 3 atom stereocenters. The Morgan fingerprint density at radius 2 is 1.77 bits per heavy atom. The van der Waals surface area contributed by atoms with Gasteiger partial charge in [0.15, 0.2) is 0 Å². The largest absolute Gasteiger partial charge is 0.298 e. The molecule has 0 N–H and O–H groups in total. The maximum Gasteiger partial charge on any atom is 0.0474 e. The summed E-state index contributed by atoms with van der Waals surface area (Å²) in [6.07, 6.45) is 3.89. The minimum absolute atomic E-state index is 0.565. The smallest absolute Gasteiger partial charge is 0.0474 e. The molecule has 0 bridgehead atoms. The molecule has 1 aromatic carbocycles.